The smallest absolute Gasteiger partial charge is 0.245 e. The molecule has 0 aliphatic carbocycles. The molecule has 172 valence electrons. The number of benzene rings is 3. The second-order valence-electron chi connectivity index (χ2n) is 8.92. The van der Waals surface area contributed by atoms with E-state index in [0.717, 1.165) is 22.5 Å². The predicted molar refractivity (Wildman–Crippen MR) is 136 cm³/mol. The molecule has 2 aliphatic heterocycles. The van der Waals surface area contributed by atoms with Crippen LogP contribution in [0.25, 0.3) is 6.08 Å². The molecule has 0 bridgehead atoms. The van der Waals surface area contributed by atoms with Gasteiger partial charge in [-0.25, -0.2) is 0 Å². The van der Waals surface area contributed by atoms with Crippen LogP contribution in [0.3, 0.4) is 0 Å². The summed E-state index contributed by atoms with van der Waals surface area (Å²) in [5, 5.41) is 13.0. The Balaban J connectivity index is 1.69. The number of carbonyl (C=O) groups is 1. The average molecular weight is 474 g/mol. The third kappa shape index (κ3) is 3.64. The monoisotopic (exact) mass is 473 g/mol. The predicted octanol–water partition coefficient (Wildman–Crippen LogP) is 5.30. The van der Waals surface area contributed by atoms with E-state index in [9.17, 15) is 14.9 Å². The van der Waals surface area contributed by atoms with Gasteiger partial charge in [-0.05, 0) is 53.6 Å². The van der Waals surface area contributed by atoms with Gasteiger partial charge in [-0.3, -0.25) is 14.9 Å². The van der Waals surface area contributed by atoms with Crippen molar-refractivity contribution >= 4 is 34.8 Å². The highest BCUT2D eigenvalue weighted by Gasteiger charge is 2.58. The van der Waals surface area contributed by atoms with Crippen molar-refractivity contribution in [3.63, 3.8) is 0 Å². The zero-order valence-electron chi connectivity index (χ0n) is 18.8. The number of hydrogen-bond donors (Lipinski definition) is 0. The minimum absolute atomic E-state index is 0.155. The molecule has 3 aromatic rings. The molecular weight excluding hydrogens is 450 g/mol. The third-order valence-electron chi connectivity index (χ3n) is 6.80. The standard InChI is InChI=1S/C27H24ClN3O3/c1-29(2)21-14-9-18(10-15-21)24-25(31(33)34)23-16-11-17-5-3-4-6-22(17)30(23)26(24)27(32)19-7-12-20(28)13-8-19/h3-16,23-26H,1-2H3/t23-,24-,25+,26+/m0/s1. The Bertz CT molecular complexity index is 1270. The van der Waals surface area contributed by atoms with Crippen LogP contribution >= 0.6 is 11.6 Å². The molecule has 2 heterocycles. The summed E-state index contributed by atoms with van der Waals surface area (Å²) in [7, 11) is 3.89. The topological polar surface area (TPSA) is 66.7 Å². The highest BCUT2D eigenvalue weighted by molar-refractivity contribution is 6.30. The van der Waals surface area contributed by atoms with Crippen molar-refractivity contribution in [3.8, 4) is 0 Å². The fourth-order valence-electron chi connectivity index (χ4n) is 5.21. The van der Waals surface area contributed by atoms with Crippen molar-refractivity contribution in [3.05, 3.63) is 111 Å². The highest BCUT2D eigenvalue weighted by atomic mass is 35.5. The molecule has 3 aromatic carbocycles. The fraction of sp³-hybridized carbons (Fsp3) is 0.222. The maximum atomic E-state index is 14.0. The number of nitrogens with zero attached hydrogens (tertiary/aromatic N) is 3. The highest BCUT2D eigenvalue weighted by Crippen LogP contribution is 2.47. The lowest BCUT2D eigenvalue weighted by atomic mass is 9.83. The van der Waals surface area contributed by atoms with Crippen LogP contribution in [0.2, 0.25) is 5.02 Å². The molecule has 0 saturated carbocycles. The molecule has 1 fully saturated rings. The molecule has 7 heteroatoms. The largest absolute Gasteiger partial charge is 0.378 e. The lowest BCUT2D eigenvalue weighted by Crippen LogP contribution is -2.44. The molecule has 4 atom stereocenters. The number of nitro groups is 1. The van der Waals surface area contributed by atoms with Crippen molar-refractivity contribution in [1.29, 1.82) is 0 Å². The Morgan fingerprint density at radius 1 is 1.00 bits per heavy atom. The van der Waals surface area contributed by atoms with Gasteiger partial charge in [0.05, 0.1) is 5.92 Å². The van der Waals surface area contributed by atoms with E-state index in [-0.39, 0.29) is 10.7 Å². The molecule has 2 aliphatic rings. The number of rotatable bonds is 5. The van der Waals surface area contributed by atoms with Gasteiger partial charge < -0.3 is 9.80 Å². The summed E-state index contributed by atoms with van der Waals surface area (Å²) in [4.78, 5) is 30.2. The summed E-state index contributed by atoms with van der Waals surface area (Å²) in [5.41, 5.74) is 4.03. The maximum Gasteiger partial charge on any atom is 0.245 e. The Hall–Kier alpha value is -3.64. The number of carbonyl (C=O) groups excluding carboxylic acids is 1. The van der Waals surface area contributed by atoms with E-state index in [2.05, 4.69) is 0 Å². The number of para-hydroxylation sites is 1. The minimum Gasteiger partial charge on any atom is -0.378 e. The van der Waals surface area contributed by atoms with Crippen molar-refractivity contribution in [2.24, 2.45) is 0 Å². The second-order valence-corrected chi connectivity index (χ2v) is 9.36. The molecule has 0 radical (unpaired) electrons. The molecule has 34 heavy (non-hydrogen) atoms. The number of anilines is 2. The Kier molecular flexibility index (Phi) is 5.62. The summed E-state index contributed by atoms with van der Waals surface area (Å²) >= 11 is 6.06. The van der Waals surface area contributed by atoms with Gasteiger partial charge in [-0.15, -0.1) is 0 Å². The van der Waals surface area contributed by atoms with E-state index >= 15 is 0 Å². The van der Waals surface area contributed by atoms with Crippen LogP contribution in [0.5, 0.6) is 0 Å². The van der Waals surface area contributed by atoms with Crippen LogP contribution in [0, 0.1) is 10.1 Å². The fourth-order valence-corrected chi connectivity index (χ4v) is 5.34. The first-order valence-electron chi connectivity index (χ1n) is 11.1. The van der Waals surface area contributed by atoms with Crippen molar-refractivity contribution in [1.82, 2.24) is 0 Å². The number of fused-ring (bicyclic) bond motifs is 3. The number of Topliss-reactive ketones (excluding diaryl/α,β-unsaturated/α-hetero) is 1. The van der Waals surface area contributed by atoms with Crippen LogP contribution in [0.1, 0.15) is 27.4 Å². The van der Waals surface area contributed by atoms with Crippen LogP contribution in [0.4, 0.5) is 11.4 Å². The van der Waals surface area contributed by atoms with Gasteiger partial charge >= 0.3 is 0 Å². The number of hydrogen-bond acceptors (Lipinski definition) is 5. The second kappa shape index (κ2) is 8.61. The summed E-state index contributed by atoms with van der Waals surface area (Å²) in [5.74, 6) is -0.784. The van der Waals surface area contributed by atoms with Crippen molar-refractivity contribution < 1.29 is 9.72 Å². The Morgan fingerprint density at radius 2 is 1.68 bits per heavy atom. The first-order valence-corrected chi connectivity index (χ1v) is 11.5. The molecule has 0 amide bonds. The molecular formula is C27H24ClN3O3. The quantitative estimate of drug-likeness (QED) is 0.286. The van der Waals surface area contributed by atoms with E-state index in [1.54, 1.807) is 24.3 Å². The van der Waals surface area contributed by atoms with Gasteiger partial charge in [0.1, 0.15) is 12.1 Å². The van der Waals surface area contributed by atoms with Crippen molar-refractivity contribution in [2.75, 3.05) is 23.9 Å². The lowest BCUT2D eigenvalue weighted by molar-refractivity contribution is -0.524. The SMILES string of the molecule is CN(C)c1ccc([C@H]2[C@H]([N+](=O)[O-])[C@@H]3C=Cc4ccccc4N3[C@H]2C(=O)c2ccc(Cl)cc2)cc1. The number of halogens is 1. The first kappa shape index (κ1) is 22.2. The van der Waals surface area contributed by atoms with Crippen LogP contribution < -0.4 is 9.80 Å². The summed E-state index contributed by atoms with van der Waals surface area (Å²) < 4.78 is 0. The first-order chi connectivity index (χ1) is 16.4. The van der Waals surface area contributed by atoms with Gasteiger partial charge in [-0.2, -0.15) is 0 Å². The zero-order chi connectivity index (χ0) is 24.0. The summed E-state index contributed by atoms with van der Waals surface area (Å²) in [6.45, 7) is 0. The Labute approximate surface area is 203 Å². The normalized spacial score (nSPS) is 22.7. The molecule has 0 spiro atoms. The number of ketones is 1. The summed E-state index contributed by atoms with van der Waals surface area (Å²) in [6, 6.07) is 19.9. The third-order valence-corrected chi connectivity index (χ3v) is 7.05. The van der Waals surface area contributed by atoms with Crippen molar-refractivity contribution in [2.45, 2.75) is 24.0 Å². The zero-order valence-corrected chi connectivity index (χ0v) is 19.6. The molecule has 0 unspecified atom stereocenters. The average Bonchev–Trinajstić information content (AvgIpc) is 3.20. The molecule has 6 nitrogen and oxygen atoms in total. The van der Waals surface area contributed by atoms with Crippen LogP contribution in [0.15, 0.2) is 78.9 Å². The minimum atomic E-state index is -0.976. The lowest BCUT2D eigenvalue weighted by Gasteiger charge is -2.34. The van der Waals surface area contributed by atoms with Crippen LogP contribution in [-0.4, -0.2) is 42.9 Å². The van der Waals surface area contributed by atoms with Gasteiger partial charge in [0.25, 0.3) is 0 Å². The van der Waals surface area contributed by atoms with Gasteiger partial charge in [0.2, 0.25) is 6.04 Å². The molecule has 1 saturated heterocycles. The van der Waals surface area contributed by atoms with E-state index in [0.29, 0.717) is 10.6 Å². The summed E-state index contributed by atoms with van der Waals surface area (Å²) in [6.07, 6.45) is 3.79. The van der Waals surface area contributed by atoms with E-state index in [4.69, 9.17) is 11.6 Å². The molecule has 0 aromatic heterocycles. The Morgan fingerprint density at radius 3 is 2.32 bits per heavy atom. The van der Waals surface area contributed by atoms with Gasteiger partial charge in [0.15, 0.2) is 5.78 Å². The van der Waals surface area contributed by atoms with Crippen LogP contribution in [-0.2, 0) is 0 Å². The van der Waals surface area contributed by atoms with Gasteiger partial charge in [0, 0.05) is 41.0 Å². The van der Waals surface area contributed by atoms with E-state index < -0.39 is 24.0 Å². The molecule has 5 rings (SSSR count). The van der Waals surface area contributed by atoms with E-state index in [1.165, 1.54) is 0 Å². The maximum absolute atomic E-state index is 14.0. The van der Waals surface area contributed by atoms with E-state index in [1.807, 2.05) is 84.6 Å². The van der Waals surface area contributed by atoms with Gasteiger partial charge in [-0.1, -0.05) is 54.1 Å². The molecule has 0 N–H and O–H groups in total.